The highest BCUT2D eigenvalue weighted by atomic mass is 32.1. The molecule has 0 saturated heterocycles. The number of aromatic nitrogens is 2. The van der Waals surface area contributed by atoms with Gasteiger partial charge >= 0.3 is 5.97 Å². The Bertz CT molecular complexity index is 733. The average molecular weight is 290 g/mol. The zero-order chi connectivity index (χ0) is 13.2. The van der Waals surface area contributed by atoms with Gasteiger partial charge in [0.25, 0.3) is 0 Å². The summed E-state index contributed by atoms with van der Waals surface area (Å²) in [5, 5.41) is 4.78. The lowest BCUT2D eigenvalue weighted by Gasteiger charge is -1.96. The zero-order valence-corrected chi connectivity index (χ0v) is 11.8. The lowest BCUT2D eigenvalue weighted by atomic mass is 10.3. The molecular formula is C13H10N2O2S2. The minimum atomic E-state index is -0.274. The van der Waals surface area contributed by atoms with Crippen LogP contribution in [0.15, 0.2) is 29.1 Å². The third-order valence-electron chi connectivity index (χ3n) is 2.65. The summed E-state index contributed by atoms with van der Waals surface area (Å²) in [5.41, 5.74) is 2.72. The summed E-state index contributed by atoms with van der Waals surface area (Å²) in [4.78, 5) is 20.0. The standard InChI is InChI=1S/C13H10N2O2S2/c1-17-12(16)5-9-7-19-13(15-9)8-4-11-10(14-6-8)2-3-18-11/h2-4,6-7H,5H2,1H3. The van der Waals surface area contributed by atoms with Gasteiger partial charge in [-0.2, -0.15) is 0 Å². The largest absolute Gasteiger partial charge is 0.469 e. The maximum Gasteiger partial charge on any atom is 0.311 e. The number of nitrogens with zero attached hydrogens (tertiary/aromatic N) is 2. The van der Waals surface area contributed by atoms with Crippen LogP contribution in [0.1, 0.15) is 5.69 Å². The number of hydrogen-bond acceptors (Lipinski definition) is 6. The van der Waals surface area contributed by atoms with Crippen LogP contribution >= 0.6 is 22.7 Å². The zero-order valence-electron chi connectivity index (χ0n) is 10.1. The third kappa shape index (κ3) is 2.50. The second-order valence-electron chi connectivity index (χ2n) is 3.92. The summed E-state index contributed by atoms with van der Waals surface area (Å²) in [6.45, 7) is 0. The number of thiazole rings is 1. The van der Waals surface area contributed by atoms with Crippen molar-refractivity contribution in [2.75, 3.05) is 7.11 Å². The molecule has 0 N–H and O–H groups in total. The summed E-state index contributed by atoms with van der Waals surface area (Å²) < 4.78 is 5.77. The van der Waals surface area contributed by atoms with Crippen molar-refractivity contribution in [3.05, 3.63) is 34.8 Å². The molecule has 3 heterocycles. The van der Waals surface area contributed by atoms with Gasteiger partial charge in [0.1, 0.15) is 5.01 Å². The van der Waals surface area contributed by atoms with Gasteiger partial charge in [-0.3, -0.25) is 9.78 Å². The number of ether oxygens (including phenoxy) is 1. The number of carbonyl (C=O) groups is 1. The second kappa shape index (κ2) is 5.07. The van der Waals surface area contributed by atoms with Gasteiger partial charge in [0, 0.05) is 17.1 Å². The lowest BCUT2D eigenvalue weighted by molar-refractivity contribution is -0.139. The molecule has 0 saturated carbocycles. The van der Waals surface area contributed by atoms with Crippen LogP contribution in [0.4, 0.5) is 0 Å². The molecule has 4 nitrogen and oxygen atoms in total. The number of pyridine rings is 1. The van der Waals surface area contributed by atoms with Gasteiger partial charge in [-0.1, -0.05) is 0 Å². The predicted molar refractivity (Wildman–Crippen MR) is 76.4 cm³/mol. The first-order valence-electron chi connectivity index (χ1n) is 5.61. The van der Waals surface area contributed by atoms with Gasteiger partial charge in [-0.05, 0) is 17.5 Å². The van der Waals surface area contributed by atoms with Crippen LogP contribution in [0, 0.1) is 0 Å². The van der Waals surface area contributed by atoms with Gasteiger partial charge in [0.15, 0.2) is 0 Å². The summed E-state index contributed by atoms with van der Waals surface area (Å²) >= 11 is 3.17. The van der Waals surface area contributed by atoms with E-state index in [2.05, 4.69) is 20.8 Å². The Kier molecular flexibility index (Phi) is 3.27. The van der Waals surface area contributed by atoms with Gasteiger partial charge in [0.05, 0.1) is 29.4 Å². The monoisotopic (exact) mass is 290 g/mol. The van der Waals surface area contributed by atoms with E-state index >= 15 is 0 Å². The molecule has 19 heavy (non-hydrogen) atoms. The van der Waals surface area contributed by atoms with Crippen LogP contribution in [-0.4, -0.2) is 23.0 Å². The Morgan fingerprint density at radius 1 is 1.42 bits per heavy atom. The number of thiophene rings is 1. The van der Waals surface area contributed by atoms with E-state index < -0.39 is 0 Å². The number of rotatable bonds is 3. The molecular weight excluding hydrogens is 280 g/mol. The van der Waals surface area contributed by atoms with Crippen LogP contribution < -0.4 is 0 Å². The van der Waals surface area contributed by atoms with E-state index in [1.54, 1.807) is 11.3 Å². The summed E-state index contributed by atoms with van der Waals surface area (Å²) in [6.07, 6.45) is 2.03. The third-order valence-corrected chi connectivity index (χ3v) is 4.45. The molecule has 3 rings (SSSR count). The van der Waals surface area contributed by atoms with E-state index in [-0.39, 0.29) is 12.4 Å². The summed E-state index contributed by atoms with van der Waals surface area (Å²) in [7, 11) is 1.38. The molecule has 0 unspecified atom stereocenters. The number of fused-ring (bicyclic) bond motifs is 1. The van der Waals surface area contributed by atoms with Crippen molar-refractivity contribution >= 4 is 38.9 Å². The van der Waals surface area contributed by atoms with E-state index in [1.165, 1.54) is 18.4 Å². The molecule has 0 aromatic carbocycles. The first kappa shape index (κ1) is 12.3. The van der Waals surface area contributed by atoms with Crippen LogP contribution in [-0.2, 0) is 16.0 Å². The van der Waals surface area contributed by atoms with Crippen molar-refractivity contribution in [3.63, 3.8) is 0 Å². The van der Waals surface area contributed by atoms with E-state index in [4.69, 9.17) is 0 Å². The molecule has 96 valence electrons. The molecule has 3 aromatic heterocycles. The first-order chi connectivity index (χ1) is 9.26. The molecule has 6 heteroatoms. The van der Waals surface area contributed by atoms with E-state index in [1.807, 2.05) is 23.0 Å². The highest BCUT2D eigenvalue weighted by molar-refractivity contribution is 7.17. The average Bonchev–Trinajstić information content (AvgIpc) is 3.05. The van der Waals surface area contributed by atoms with Crippen LogP contribution in [0.5, 0.6) is 0 Å². The van der Waals surface area contributed by atoms with Crippen molar-refractivity contribution in [1.82, 2.24) is 9.97 Å². The normalized spacial score (nSPS) is 10.8. The molecule has 0 aliphatic rings. The smallest absolute Gasteiger partial charge is 0.311 e. The van der Waals surface area contributed by atoms with Crippen molar-refractivity contribution in [2.45, 2.75) is 6.42 Å². The number of methoxy groups -OCH3 is 1. The Hall–Kier alpha value is -1.79. The Labute approximate surface area is 117 Å². The van der Waals surface area contributed by atoms with E-state index in [0.717, 1.165) is 26.5 Å². The highest BCUT2D eigenvalue weighted by Crippen LogP contribution is 2.28. The van der Waals surface area contributed by atoms with E-state index in [9.17, 15) is 4.79 Å². The number of esters is 1. The van der Waals surface area contributed by atoms with Gasteiger partial charge in [0.2, 0.25) is 0 Å². The lowest BCUT2D eigenvalue weighted by Crippen LogP contribution is -2.04. The fraction of sp³-hybridized carbons (Fsp3) is 0.154. The maximum absolute atomic E-state index is 11.2. The highest BCUT2D eigenvalue weighted by Gasteiger charge is 2.10. The molecule has 0 atom stereocenters. The van der Waals surface area contributed by atoms with Crippen LogP contribution in [0.2, 0.25) is 0 Å². The molecule has 0 aliphatic heterocycles. The second-order valence-corrected chi connectivity index (χ2v) is 5.73. The minimum absolute atomic E-state index is 0.210. The van der Waals surface area contributed by atoms with Gasteiger partial charge in [-0.15, -0.1) is 22.7 Å². The molecule has 0 amide bonds. The van der Waals surface area contributed by atoms with Crippen molar-refractivity contribution < 1.29 is 9.53 Å². The predicted octanol–water partition coefficient (Wildman–Crippen LogP) is 3.14. The first-order valence-corrected chi connectivity index (χ1v) is 7.37. The number of carbonyl (C=O) groups excluding carboxylic acids is 1. The minimum Gasteiger partial charge on any atom is -0.469 e. The van der Waals surface area contributed by atoms with E-state index in [0.29, 0.717) is 0 Å². The van der Waals surface area contributed by atoms with Gasteiger partial charge < -0.3 is 4.74 Å². The summed E-state index contributed by atoms with van der Waals surface area (Å²) in [5.74, 6) is -0.274. The van der Waals surface area contributed by atoms with Crippen molar-refractivity contribution in [1.29, 1.82) is 0 Å². The van der Waals surface area contributed by atoms with Crippen molar-refractivity contribution in [2.24, 2.45) is 0 Å². The molecule has 3 aromatic rings. The molecule has 0 spiro atoms. The molecule has 0 radical (unpaired) electrons. The molecule has 0 aliphatic carbocycles. The van der Waals surface area contributed by atoms with Crippen LogP contribution in [0.3, 0.4) is 0 Å². The SMILES string of the molecule is COC(=O)Cc1csc(-c2cnc3ccsc3c2)n1. The number of hydrogen-bond donors (Lipinski definition) is 0. The van der Waals surface area contributed by atoms with Crippen molar-refractivity contribution in [3.8, 4) is 10.6 Å². The molecule has 0 fully saturated rings. The molecule has 0 bridgehead atoms. The Balaban J connectivity index is 1.91. The Morgan fingerprint density at radius 2 is 2.32 bits per heavy atom. The topological polar surface area (TPSA) is 52.1 Å². The quantitative estimate of drug-likeness (QED) is 0.695. The fourth-order valence-corrected chi connectivity index (χ4v) is 3.29. The van der Waals surface area contributed by atoms with Crippen LogP contribution in [0.25, 0.3) is 20.8 Å². The summed E-state index contributed by atoms with van der Waals surface area (Å²) in [6, 6.07) is 4.07. The van der Waals surface area contributed by atoms with Gasteiger partial charge in [-0.25, -0.2) is 4.98 Å². The maximum atomic E-state index is 11.2. The Morgan fingerprint density at radius 3 is 3.16 bits per heavy atom. The fourth-order valence-electron chi connectivity index (χ4n) is 1.70.